The number of carboxylic acids is 1. The lowest BCUT2D eigenvalue weighted by atomic mass is 9.84. The molecule has 1 aromatic rings. The van der Waals surface area contributed by atoms with Gasteiger partial charge in [0.1, 0.15) is 6.04 Å². The molecular weight excluding hydrogens is 262 g/mol. The van der Waals surface area contributed by atoms with Gasteiger partial charge in [0.25, 0.3) is 5.91 Å². The Morgan fingerprint density at radius 3 is 2.79 bits per heavy atom. The predicted molar refractivity (Wildman–Crippen MR) is 72.3 cm³/mol. The lowest BCUT2D eigenvalue weighted by molar-refractivity contribution is -0.141. The lowest BCUT2D eigenvalue weighted by Crippen LogP contribution is -2.46. The predicted octanol–water partition coefficient (Wildman–Crippen LogP) is 2.61. The molecule has 102 valence electrons. The standard InChI is InChI=1S/C14H17NO3S/c16-13(10-5-6-19-8-10)15-11-4-2-1-3-9(11)7-12(15)14(17)18/h5-6,8-9,11-12H,1-4,7H2,(H,17,18)/t9-,11+,12+/m1/s1. The number of amides is 1. The van der Waals surface area contributed by atoms with Crippen LogP contribution in [0.4, 0.5) is 0 Å². The van der Waals surface area contributed by atoms with Crippen LogP contribution >= 0.6 is 11.3 Å². The molecule has 1 aromatic heterocycles. The van der Waals surface area contributed by atoms with Crippen molar-refractivity contribution in [2.75, 3.05) is 0 Å². The number of rotatable bonds is 2. The van der Waals surface area contributed by atoms with Gasteiger partial charge in [0.05, 0.1) is 5.56 Å². The molecule has 1 saturated heterocycles. The van der Waals surface area contributed by atoms with Gasteiger partial charge in [-0.15, -0.1) is 0 Å². The molecule has 2 fully saturated rings. The van der Waals surface area contributed by atoms with Crippen molar-refractivity contribution in [3.05, 3.63) is 22.4 Å². The average Bonchev–Trinajstić information content (AvgIpc) is 3.05. The fourth-order valence-corrected chi connectivity index (χ4v) is 4.14. The molecule has 4 nitrogen and oxygen atoms in total. The summed E-state index contributed by atoms with van der Waals surface area (Å²) in [4.78, 5) is 25.6. The molecule has 19 heavy (non-hydrogen) atoms. The second-order valence-electron chi connectivity index (χ2n) is 5.43. The molecule has 0 bridgehead atoms. The highest BCUT2D eigenvalue weighted by molar-refractivity contribution is 7.08. The Labute approximate surface area is 116 Å². The third-order valence-corrected chi connectivity index (χ3v) is 5.06. The Bertz CT molecular complexity index is 485. The van der Waals surface area contributed by atoms with Crippen LogP contribution in [0.2, 0.25) is 0 Å². The van der Waals surface area contributed by atoms with Gasteiger partial charge < -0.3 is 10.0 Å². The smallest absolute Gasteiger partial charge is 0.326 e. The van der Waals surface area contributed by atoms with E-state index in [1.807, 2.05) is 5.38 Å². The molecule has 1 saturated carbocycles. The van der Waals surface area contributed by atoms with E-state index in [2.05, 4.69) is 0 Å². The van der Waals surface area contributed by atoms with Gasteiger partial charge in [-0.1, -0.05) is 12.8 Å². The van der Waals surface area contributed by atoms with Crippen LogP contribution in [-0.4, -0.2) is 34.0 Å². The number of carbonyl (C=O) groups is 2. The summed E-state index contributed by atoms with van der Waals surface area (Å²) in [5, 5.41) is 13.0. The summed E-state index contributed by atoms with van der Waals surface area (Å²) >= 11 is 1.47. The molecule has 3 rings (SSSR count). The number of carbonyl (C=O) groups excluding carboxylic acids is 1. The molecule has 0 unspecified atom stereocenters. The third-order valence-electron chi connectivity index (χ3n) is 4.38. The number of hydrogen-bond donors (Lipinski definition) is 1. The van der Waals surface area contributed by atoms with E-state index in [0.29, 0.717) is 17.9 Å². The molecule has 1 aliphatic carbocycles. The van der Waals surface area contributed by atoms with Gasteiger partial charge in [0, 0.05) is 11.4 Å². The Morgan fingerprint density at radius 1 is 1.32 bits per heavy atom. The van der Waals surface area contributed by atoms with Crippen molar-refractivity contribution in [3.8, 4) is 0 Å². The molecule has 0 aromatic carbocycles. The first-order chi connectivity index (χ1) is 9.18. The van der Waals surface area contributed by atoms with E-state index in [1.54, 1.807) is 16.3 Å². The highest BCUT2D eigenvalue weighted by Gasteiger charge is 2.47. The van der Waals surface area contributed by atoms with Gasteiger partial charge in [-0.05, 0) is 36.6 Å². The highest BCUT2D eigenvalue weighted by atomic mass is 32.1. The van der Waals surface area contributed by atoms with Crippen LogP contribution in [-0.2, 0) is 4.79 Å². The first kappa shape index (κ1) is 12.7. The minimum atomic E-state index is -0.863. The quantitative estimate of drug-likeness (QED) is 0.905. The molecule has 1 aliphatic heterocycles. The number of nitrogens with zero attached hydrogens (tertiary/aromatic N) is 1. The van der Waals surface area contributed by atoms with E-state index < -0.39 is 12.0 Å². The second kappa shape index (κ2) is 4.96. The van der Waals surface area contributed by atoms with E-state index in [1.165, 1.54) is 11.3 Å². The van der Waals surface area contributed by atoms with Gasteiger partial charge in [-0.3, -0.25) is 4.79 Å². The van der Waals surface area contributed by atoms with E-state index in [0.717, 1.165) is 25.7 Å². The van der Waals surface area contributed by atoms with Crippen LogP contribution in [0.15, 0.2) is 16.8 Å². The van der Waals surface area contributed by atoms with Crippen LogP contribution in [0.1, 0.15) is 42.5 Å². The minimum Gasteiger partial charge on any atom is -0.480 e. The largest absolute Gasteiger partial charge is 0.480 e. The fourth-order valence-electron chi connectivity index (χ4n) is 3.51. The SMILES string of the molecule is O=C(O)[C@@H]1C[C@H]2CCCC[C@@H]2N1C(=O)c1ccsc1. The summed E-state index contributed by atoms with van der Waals surface area (Å²) in [6.45, 7) is 0. The number of hydrogen-bond acceptors (Lipinski definition) is 3. The third kappa shape index (κ3) is 2.16. The van der Waals surface area contributed by atoms with E-state index >= 15 is 0 Å². The maximum Gasteiger partial charge on any atom is 0.326 e. The van der Waals surface area contributed by atoms with Gasteiger partial charge in [-0.25, -0.2) is 4.79 Å². The van der Waals surface area contributed by atoms with Crippen LogP contribution in [0.5, 0.6) is 0 Å². The Balaban J connectivity index is 1.90. The molecular formula is C14H17NO3S. The van der Waals surface area contributed by atoms with Crippen molar-refractivity contribution in [1.82, 2.24) is 4.90 Å². The van der Waals surface area contributed by atoms with Crippen LogP contribution < -0.4 is 0 Å². The molecule has 0 spiro atoms. The summed E-state index contributed by atoms with van der Waals surface area (Å²) in [7, 11) is 0. The Morgan fingerprint density at radius 2 is 2.11 bits per heavy atom. The van der Waals surface area contributed by atoms with Crippen LogP contribution in [0, 0.1) is 5.92 Å². The molecule has 2 heterocycles. The highest BCUT2D eigenvalue weighted by Crippen LogP contribution is 2.40. The maximum atomic E-state index is 12.5. The number of fused-ring (bicyclic) bond motifs is 1. The van der Waals surface area contributed by atoms with Crippen molar-refractivity contribution in [3.63, 3.8) is 0 Å². The zero-order chi connectivity index (χ0) is 13.4. The van der Waals surface area contributed by atoms with E-state index in [9.17, 15) is 14.7 Å². The van der Waals surface area contributed by atoms with Crippen molar-refractivity contribution < 1.29 is 14.7 Å². The van der Waals surface area contributed by atoms with Crippen molar-refractivity contribution in [2.24, 2.45) is 5.92 Å². The Hall–Kier alpha value is -1.36. The van der Waals surface area contributed by atoms with Crippen molar-refractivity contribution in [2.45, 2.75) is 44.2 Å². The second-order valence-corrected chi connectivity index (χ2v) is 6.21. The monoisotopic (exact) mass is 279 g/mol. The van der Waals surface area contributed by atoms with Crippen molar-refractivity contribution in [1.29, 1.82) is 0 Å². The van der Waals surface area contributed by atoms with Gasteiger partial charge in [-0.2, -0.15) is 11.3 Å². The van der Waals surface area contributed by atoms with Crippen molar-refractivity contribution >= 4 is 23.2 Å². The van der Waals surface area contributed by atoms with Crippen LogP contribution in [0.25, 0.3) is 0 Å². The number of carboxylic acid groups (broad SMARTS) is 1. The average molecular weight is 279 g/mol. The topological polar surface area (TPSA) is 57.6 Å². The number of aliphatic carboxylic acids is 1. The van der Waals surface area contributed by atoms with Crippen LogP contribution in [0.3, 0.4) is 0 Å². The molecule has 5 heteroatoms. The molecule has 1 amide bonds. The summed E-state index contributed by atoms with van der Waals surface area (Å²) in [5.41, 5.74) is 0.627. The number of likely N-dealkylation sites (tertiary alicyclic amines) is 1. The molecule has 1 N–H and O–H groups in total. The van der Waals surface area contributed by atoms with Gasteiger partial charge in [0.2, 0.25) is 0 Å². The zero-order valence-electron chi connectivity index (χ0n) is 10.6. The van der Waals surface area contributed by atoms with E-state index in [-0.39, 0.29) is 11.9 Å². The first-order valence-corrected chi connectivity index (χ1v) is 7.70. The Kier molecular flexibility index (Phi) is 3.31. The fraction of sp³-hybridized carbons (Fsp3) is 0.571. The summed E-state index contributed by atoms with van der Waals surface area (Å²) in [6.07, 6.45) is 4.89. The zero-order valence-corrected chi connectivity index (χ0v) is 11.4. The van der Waals surface area contributed by atoms with Gasteiger partial charge >= 0.3 is 5.97 Å². The van der Waals surface area contributed by atoms with Gasteiger partial charge in [0.15, 0.2) is 0 Å². The molecule has 3 atom stereocenters. The van der Waals surface area contributed by atoms with E-state index in [4.69, 9.17) is 0 Å². The first-order valence-electron chi connectivity index (χ1n) is 6.76. The maximum absolute atomic E-state index is 12.5. The molecule has 0 radical (unpaired) electrons. The molecule has 2 aliphatic rings. The minimum absolute atomic E-state index is 0.108. The normalized spacial score (nSPS) is 30.1. The number of thiophene rings is 1. The lowest BCUT2D eigenvalue weighted by Gasteiger charge is -2.32. The summed E-state index contributed by atoms with van der Waals surface area (Å²) in [6, 6.07) is 1.27. The summed E-state index contributed by atoms with van der Waals surface area (Å²) < 4.78 is 0. The summed E-state index contributed by atoms with van der Waals surface area (Å²) in [5.74, 6) is -0.599.